The second kappa shape index (κ2) is 7.09. The molecule has 3 aromatic rings. The number of nitrogens with one attached hydrogen (secondary N) is 1. The largest absolute Gasteiger partial charge is 0.376 e. The molecule has 1 fully saturated rings. The van der Waals surface area contributed by atoms with Gasteiger partial charge in [0.25, 0.3) is 5.91 Å². The van der Waals surface area contributed by atoms with Crippen molar-refractivity contribution in [2.75, 3.05) is 25.1 Å². The van der Waals surface area contributed by atoms with E-state index in [0.717, 1.165) is 28.0 Å². The number of amides is 1. The molecule has 3 heterocycles. The van der Waals surface area contributed by atoms with Crippen LogP contribution in [-0.2, 0) is 14.3 Å². The summed E-state index contributed by atoms with van der Waals surface area (Å²) in [5, 5.41) is 3.73. The molecule has 2 aromatic heterocycles. The maximum Gasteiger partial charge on any atom is 0.257 e. The van der Waals surface area contributed by atoms with E-state index in [-0.39, 0.29) is 12.5 Å². The van der Waals surface area contributed by atoms with Crippen molar-refractivity contribution in [1.29, 1.82) is 0 Å². The number of fused-ring (bicyclic) bond motifs is 1. The van der Waals surface area contributed by atoms with Gasteiger partial charge < -0.3 is 14.8 Å². The van der Waals surface area contributed by atoms with Crippen molar-refractivity contribution in [3.8, 4) is 5.69 Å². The normalized spacial score (nSPS) is 17.2. The maximum atomic E-state index is 12.5. The van der Waals surface area contributed by atoms with Crippen LogP contribution in [0, 0.1) is 20.8 Å². The molecule has 0 bridgehead atoms. The molecule has 1 aromatic carbocycles. The van der Waals surface area contributed by atoms with E-state index in [2.05, 4.69) is 38.9 Å². The third-order valence-corrected chi connectivity index (χ3v) is 4.90. The van der Waals surface area contributed by atoms with Crippen molar-refractivity contribution in [2.24, 2.45) is 0 Å². The van der Waals surface area contributed by atoms with Crippen molar-refractivity contribution in [1.82, 2.24) is 14.5 Å². The van der Waals surface area contributed by atoms with Crippen molar-refractivity contribution < 1.29 is 14.3 Å². The minimum atomic E-state index is -0.621. The minimum Gasteiger partial charge on any atom is -0.376 e. The minimum absolute atomic E-state index is 0.252. The van der Waals surface area contributed by atoms with E-state index in [1.807, 2.05) is 26.0 Å². The van der Waals surface area contributed by atoms with Gasteiger partial charge in [0.15, 0.2) is 11.8 Å². The van der Waals surface area contributed by atoms with Crippen LogP contribution in [0.5, 0.6) is 0 Å². The summed E-state index contributed by atoms with van der Waals surface area (Å²) in [6.45, 7) is 7.30. The second-order valence-electron chi connectivity index (χ2n) is 6.73. The van der Waals surface area contributed by atoms with Crippen LogP contribution < -0.4 is 5.32 Å². The lowest BCUT2D eigenvalue weighted by molar-refractivity contribution is -0.142. The molecule has 1 unspecified atom stereocenters. The van der Waals surface area contributed by atoms with Crippen LogP contribution in [0.25, 0.3) is 16.7 Å². The Labute approximate surface area is 157 Å². The van der Waals surface area contributed by atoms with Crippen molar-refractivity contribution in [3.63, 3.8) is 0 Å². The van der Waals surface area contributed by atoms with Crippen LogP contribution in [0.15, 0.2) is 30.6 Å². The number of nitrogens with zero attached hydrogens (tertiary/aromatic N) is 3. The van der Waals surface area contributed by atoms with Crippen molar-refractivity contribution >= 4 is 22.8 Å². The number of benzene rings is 1. The van der Waals surface area contributed by atoms with Crippen LogP contribution in [0.1, 0.15) is 16.8 Å². The van der Waals surface area contributed by atoms with Gasteiger partial charge in [-0.2, -0.15) is 0 Å². The molecule has 4 rings (SSSR count). The molecule has 0 spiro atoms. The van der Waals surface area contributed by atoms with Gasteiger partial charge in [-0.05, 0) is 44.0 Å². The van der Waals surface area contributed by atoms with E-state index in [0.29, 0.717) is 19.0 Å². The Morgan fingerprint density at radius 2 is 2.07 bits per heavy atom. The summed E-state index contributed by atoms with van der Waals surface area (Å²) in [4.78, 5) is 21.4. The maximum absolute atomic E-state index is 12.5. The Kier molecular flexibility index (Phi) is 4.63. The van der Waals surface area contributed by atoms with E-state index in [9.17, 15) is 4.79 Å². The highest BCUT2D eigenvalue weighted by molar-refractivity contribution is 6.02. The number of hydrogen-bond donors (Lipinski definition) is 1. The average molecular weight is 366 g/mol. The molecular formula is C20H22N4O3. The zero-order valence-electron chi connectivity index (χ0n) is 15.7. The summed E-state index contributed by atoms with van der Waals surface area (Å²) in [6.07, 6.45) is 0.852. The van der Waals surface area contributed by atoms with Crippen molar-refractivity contribution in [2.45, 2.75) is 26.9 Å². The number of aromatic nitrogens is 3. The van der Waals surface area contributed by atoms with E-state index in [4.69, 9.17) is 9.47 Å². The number of carbonyl (C=O) groups excluding carboxylic acids is 1. The van der Waals surface area contributed by atoms with Gasteiger partial charge in [0, 0.05) is 11.4 Å². The highest BCUT2D eigenvalue weighted by Gasteiger charge is 2.25. The van der Waals surface area contributed by atoms with E-state index >= 15 is 0 Å². The standard InChI is InChI=1S/C20H22N4O3/c1-12-5-4-6-15(9-12)24-14(3)13(2)17-18(21-11-22-19(17)24)23-20(25)16-10-26-7-8-27-16/h4-6,9,11,16H,7-8,10H2,1-3H3,(H,21,22,23,25). The molecule has 0 aliphatic carbocycles. The average Bonchev–Trinajstić information content (AvgIpc) is 2.94. The lowest BCUT2D eigenvalue weighted by Crippen LogP contribution is -2.39. The van der Waals surface area contributed by atoms with E-state index in [1.54, 1.807) is 0 Å². The fraction of sp³-hybridized carbons (Fsp3) is 0.350. The number of rotatable bonds is 3. The van der Waals surface area contributed by atoms with Gasteiger partial charge >= 0.3 is 0 Å². The Hall–Kier alpha value is -2.77. The number of carbonyl (C=O) groups is 1. The van der Waals surface area contributed by atoms with Gasteiger partial charge in [0.05, 0.1) is 25.2 Å². The Balaban J connectivity index is 1.77. The molecule has 1 amide bonds. The van der Waals surface area contributed by atoms with Gasteiger partial charge in [-0.15, -0.1) is 0 Å². The second-order valence-corrected chi connectivity index (χ2v) is 6.73. The Bertz CT molecular complexity index is 1010. The molecule has 27 heavy (non-hydrogen) atoms. The third-order valence-electron chi connectivity index (χ3n) is 4.90. The van der Waals surface area contributed by atoms with Crippen molar-refractivity contribution in [3.05, 3.63) is 47.4 Å². The fourth-order valence-electron chi connectivity index (χ4n) is 3.41. The predicted molar refractivity (Wildman–Crippen MR) is 102 cm³/mol. The summed E-state index contributed by atoms with van der Waals surface area (Å²) in [7, 11) is 0. The van der Waals surface area contributed by atoms with Crippen LogP contribution in [0.3, 0.4) is 0 Å². The van der Waals surface area contributed by atoms with Crippen LogP contribution in [0.4, 0.5) is 5.82 Å². The molecule has 1 saturated heterocycles. The summed E-state index contributed by atoms with van der Waals surface area (Å²) in [6, 6.07) is 8.24. The smallest absolute Gasteiger partial charge is 0.257 e. The van der Waals surface area contributed by atoms with E-state index < -0.39 is 6.10 Å². The molecule has 0 radical (unpaired) electrons. The lowest BCUT2D eigenvalue weighted by Gasteiger charge is -2.21. The van der Waals surface area contributed by atoms with Gasteiger partial charge in [0.1, 0.15) is 12.1 Å². The SMILES string of the molecule is Cc1cccc(-n2c(C)c(C)c3c(NC(=O)C4COCCO4)ncnc32)c1. The van der Waals surface area contributed by atoms with Crippen LogP contribution >= 0.6 is 0 Å². The first kappa shape index (κ1) is 17.6. The van der Waals surface area contributed by atoms with E-state index in [1.165, 1.54) is 11.9 Å². The Morgan fingerprint density at radius 1 is 1.22 bits per heavy atom. The number of anilines is 1. The molecule has 1 atom stereocenters. The topological polar surface area (TPSA) is 78.3 Å². The van der Waals surface area contributed by atoms with Crippen LogP contribution in [0.2, 0.25) is 0 Å². The molecule has 1 aliphatic heterocycles. The summed E-state index contributed by atoms with van der Waals surface area (Å²) in [5.41, 5.74) is 5.06. The number of aryl methyl sites for hydroxylation is 2. The first-order chi connectivity index (χ1) is 13.1. The third kappa shape index (κ3) is 3.20. The fourth-order valence-corrected chi connectivity index (χ4v) is 3.41. The van der Waals surface area contributed by atoms with Crippen LogP contribution in [-0.4, -0.2) is 46.4 Å². The molecule has 140 valence electrons. The molecule has 7 heteroatoms. The molecule has 0 saturated carbocycles. The van der Waals surface area contributed by atoms with Gasteiger partial charge in [-0.1, -0.05) is 12.1 Å². The predicted octanol–water partition coefficient (Wildman–Crippen LogP) is 2.70. The highest BCUT2D eigenvalue weighted by atomic mass is 16.6. The zero-order chi connectivity index (χ0) is 19.0. The van der Waals surface area contributed by atoms with Gasteiger partial charge in [-0.25, -0.2) is 9.97 Å². The monoisotopic (exact) mass is 366 g/mol. The Morgan fingerprint density at radius 3 is 2.81 bits per heavy atom. The van der Waals surface area contributed by atoms with Gasteiger partial charge in [0.2, 0.25) is 0 Å². The summed E-state index contributed by atoms with van der Waals surface area (Å²) < 4.78 is 12.9. The number of hydrogen-bond acceptors (Lipinski definition) is 5. The lowest BCUT2D eigenvalue weighted by atomic mass is 10.2. The first-order valence-corrected chi connectivity index (χ1v) is 8.96. The quantitative estimate of drug-likeness (QED) is 0.771. The molecular weight excluding hydrogens is 344 g/mol. The zero-order valence-corrected chi connectivity index (χ0v) is 15.7. The summed E-state index contributed by atoms with van der Waals surface area (Å²) in [5.74, 6) is 0.237. The molecule has 1 N–H and O–H groups in total. The molecule has 7 nitrogen and oxygen atoms in total. The molecule has 1 aliphatic rings. The first-order valence-electron chi connectivity index (χ1n) is 8.96. The van der Waals surface area contributed by atoms with Gasteiger partial charge in [-0.3, -0.25) is 9.36 Å². The highest BCUT2D eigenvalue weighted by Crippen LogP contribution is 2.31. The summed E-state index contributed by atoms with van der Waals surface area (Å²) >= 11 is 0. The number of ether oxygens (including phenoxy) is 2.